The molecule has 0 bridgehead atoms. The fraction of sp³-hybridized carbons (Fsp3) is 0.174. The van der Waals surface area contributed by atoms with Gasteiger partial charge in [0.25, 0.3) is 0 Å². The van der Waals surface area contributed by atoms with Crippen molar-refractivity contribution in [2.75, 3.05) is 10.5 Å². The average molecular weight is 462 g/mol. The monoisotopic (exact) mass is 461 g/mol. The van der Waals surface area contributed by atoms with Crippen molar-refractivity contribution in [3.05, 3.63) is 88.2 Å². The number of hydrogen-bond acceptors (Lipinski definition) is 3. The Kier molecular flexibility index (Phi) is 7.76. The highest BCUT2D eigenvalue weighted by atomic mass is 35.5. The fourth-order valence-electron chi connectivity index (χ4n) is 2.96. The summed E-state index contributed by atoms with van der Waals surface area (Å²) in [5.74, 6) is -0.736. The molecule has 0 saturated carbocycles. The molecule has 0 saturated heterocycles. The van der Waals surface area contributed by atoms with Gasteiger partial charge in [-0.15, -0.1) is 0 Å². The zero-order valence-corrected chi connectivity index (χ0v) is 18.6. The lowest BCUT2D eigenvalue weighted by atomic mass is 9.98. The number of H-pyrrole nitrogens is 2. The van der Waals surface area contributed by atoms with Gasteiger partial charge in [0.05, 0.1) is 16.3 Å². The lowest BCUT2D eigenvalue weighted by molar-refractivity contribution is 0.103. The highest BCUT2D eigenvalue weighted by Gasteiger charge is 2.22. The van der Waals surface area contributed by atoms with Gasteiger partial charge >= 0.3 is 0 Å². The third-order valence-corrected chi connectivity index (χ3v) is 5.92. The minimum atomic E-state index is -0.695. The molecule has 0 aliphatic carbocycles. The van der Waals surface area contributed by atoms with Gasteiger partial charge in [-0.1, -0.05) is 42.6 Å². The molecule has 2 aromatic carbocycles. The molecular formula is C23H22ClF2N3OS. The Morgan fingerprint density at radius 1 is 1.06 bits per heavy atom. The SMILES string of the molecule is CCCSNc1ccc(F)c(C(=O)c2c[nH][nH]cc(-c3ccc(F)cc3)cc2C)c1Cl. The van der Waals surface area contributed by atoms with Gasteiger partial charge in [0.1, 0.15) is 11.6 Å². The number of nitrogens with one attached hydrogen (secondary N) is 3. The van der Waals surface area contributed by atoms with Crippen LogP contribution < -0.4 is 4.72 Å². The Morgan fingerprint density at radius 2 is 1.77 bits per heavy atom. The summed E-state index contributed by atoms with van der Waals surface area (Å²) < 4.78 is 31.0. The lowest BCUT2D eigenvalue weighted by Crippen LogP contribution is -2.08. The molecule has 8 heteroatoms. The number of rotatable bonds is 7. The summed E-state index contributed by atoms with van der Waals surface area (Å²) in [5, 5.41) is 5.71. The number of aryl methyl sites for hydroxylation is 1. The highest BCUT2D eigenvalue weighted by molar-refractivity contribution is 8.00. The maximum atomic E-state index is 14.6. The summed E-state index contributed by atoms with van der Waals surface area (Å²) >= 11 is 7.84. The van der Waals surface area contributed by atoms with Crippen LogP contribution in [0.15, 0.2) is 54.9 Å². The van der Waals surface area contributed by atoms with Gasteiger partial charge < -0.3 is 14.9 Å². The molecule has 0 aliphatic heterocycles. The summed E-state index contributed by atoms with van der Waals surface area (Å²) in [6.07, 6.45) is 4.12. The van der Waals surface area contributed by atoms with E-state index in [1.54, 1.807) is 31.3 Å². The van der Waals surface area contributed by atoms with Gasteiger partial charge in [-0.05, 0) is 60.4 Å². The lowest BCUT2D eigenvalue weighted by Gasteiger charge is -2.12. The smallest absolute Gasteiger partial charge is 0.199 e. The first-order chi connectivity index (χ1) is 14.9. The van der Waals surface area contributed by atoms with Crippen molar-refractivity contribution in [2.45, 2.75) is 20.3 Å². The number of anilines is 1. The second-order valence-electron chi connectivity index (χ2n) is 6.84. The molecule has 0 atom stereocenters. The predicted octanol–water partition coefficient (Wildman–Crippen LogP) is 7.08. The molecule has 0 amide bonds. The van der Waals surface area contributed by atoms with Crippen LogP contribution in [0.3, 0.4) is 0 Å². The Labute approximate surface area is 188 Å². The van der Waals surface area contributed by atoms with Gasteiger partial charge in [-0.3, -0.25) is 4.79 Å². The second kappa shape index (κ2) is 10.5. The molecule has 1 aromatic heterocycles. The van der Waals surface area contributed by atoms with E-state index in [1.807, 2.05) is 6.92 Å². The van der Waals surface area contributed by atoms with Crippen molar-refractivity contribution < 1.29 is 13.6 Å². The van der Waals surface area contributed by atoms with Gasteiger partial charge in [-0.2, -0.15) is 0 Å². The van der Waals surface area contributed by atoms with E-state index < -0.39 is 11.6 Å². The van der Waals surface area contributed by atoms with E-state index in [0.717, 1.165) is 23.3 Å². The normalized spacial score (nSPS) is 10.6. The zero-order chi connectivity index (χ0) is 22.4. The van der Waals surface area contributed by atoms with Gasteiger partial charge in [0.15, 0.2) is 5.78 Å². The summed E-state index contributed by atoms with van der Waals surface area (Å²) in [6, 6.07) is 10.5. The highest BCUT2D eigenvalue weighted by Crippen LogP contribution is 2.32. The van der Waals surface area contributed by atoms with E-state index in [2.05, 4.69) is 14.9 Å². The Morgan fingerprint density at radius 3 is 2.48 bits per heavy atom. The van der Waals surface area contributed by atoms with Crippen LogP contribution in [0.2, 0.25) is 5.02 Å². The summed E-state index contributed by atoms with van der Waals surface area (Å²) in [6.45, 7) is 3.79. The molecule has 1 heterocycles. The molecule has 0 radical (unpaired) electrons. The number of carbonyl (C=O) groups is 1. The van der Waals surface area contributed by atoms with Crippen molar-refractivity contribution in [3.63, 3.8) is 0 Å². The van der Waals surface area contributed by atoms with Crippen LogP contribution in [0.25, 0.3) is 11.1 Å². The standard InChI is InChI=1S/C23H22ClF2N3OS/c1-3-10-31-29-20-9-8-19(26)21(22(20)24)23(30)18-13-28-27-12-16(11-14(18)2)15-4-6-17(25)7-5-15/h4-9,11-13,27-29H,3,10H2,1-2H3. The van der Waals surface area contributed by atoms with Gasteiger partial charge in [0, 0.05) is 23.7 Å². The largest absolute Gasteiger partial charge is 0.328 e. The number of ketones is 1. The third-order valence-electron chi connectivity index (χ3n) is 4.55. The van der Waals surface area contributed by atoms with E-state index in [9.17, 15) is 13.6 Å². The minimum Gasteiger partial charge on any atom is -0.328 e. The Hall–Kier alpha value is -2.77. The van der Waals surface area contributed by atoms with Crippen LogP contribution in [0, 0.1) is 18.6 Å². The van der Waals surface area contributed by atoms with E-state index >= 15 is 0 Å². The molecule has 3 rings (SSSR count). The van der Waals surface area contributed by atoms with Crippen LogP contribution in [-0.4, -0.2) is 21.7 Å². The number of benzene rings is 2. The number of carbonyl (C=O) groups excluding carboxylic acids is 1. The summed E-state index contributed by atoms with van der Waals surface area (Å²) in [5.41, 5.74) is 2.62. The molecule has 3 N–H and O–H groups in total. The summed E-state index contributed by atoms with van der Waals surface area (Å²) in [4.78, 5) is 13.3. The molecular weight excluding hydrogens is 440 g/mol. The molecule has 31 heavy (non-hydrogen) atoms. The van der Waals surface area contributed by atoms with Gasteiger partial charge in [-0.25, -0.2) is 8.78 Å². The molecule has 0 spiro atoms. The quantitative estimate of drug-likeness (QED) is 0.200. The number of halogens is 3. The topological polar surface area (TPSA) is 60.7 Å². The number of hydrogen-bond donors (Lipinski definition) is 3. The van der Waals surface area contributed by atoms with Crippen LogP contribution in [0.1, 0.15) is 34.8 Å². The molecule has 4 nitrogen and oxygen atoms in total. The molecule has 3 aromatic rings. The van der Waals surface area contributed by atoms with E-state index in [4.69, 9.17) is 11.6 Å². The molecule has 0 unspecified atom stereocenters. The van der Waals surface area contributed by atoms with Crippen molar-refractivity contribution in [1.82, 2.24) is 10.2 Å². The molecule has 0 fully saturated rings. The zero-order valence-electron chi connectivity index (χ0n) is 17.1. The molecule has 162 valence electrons. The Bertz CT molecular complexity index is 1120. The average Bonchev–Trinajstić information content (AvgIpc) is 2.73. The first kappa shape index (κ1) is 22.9. The fourth-order valence-corrected chi connectivity index (χ4v) is 3.93. The van der Waals surface area contributed by atoms with Crippen LogP contribution in [-0.2, 0) is 0 Å². The number of aromatic nitrogens is 2. The van der Waals surface area contributed by atoms with Crippen LogP contribution >= 0.6 is 23.5 Å². The molecule has 0 aliphatic rings. The second-order valence-corrected chi connectivity index (χ2v) is 8.12. The predicted molar refractivity (Wildman–Crippen MR) is 124 cm³/mol. The minimum absolute atomic E-state index is 0.0339. The Balaban J connectivity index is 2.04. The first-order valence-electron chi connectivity index (χ1n) is 9.69. The summed E-state index contributed by atoms with van der Waals surface area (Å²) in [7, 11) is 0. The van der Waals surface area contributed by atoms with Crippen molar-refractivity contribution in [3.8, 4) is 11.1 Å². The van der Waals surface area contributed by atoms with Crippen molar-refractivity contribution >= 4 is 35.0 Å². The van der Waals surface area contributed by atoms with Gasteiger partial charge in [0.2, 0.25) is 0 Å². The van der Waals surface area contributed by atoms with E-state index in [1.165, 1.54) is 42.4 Å². The third kappa shape index (κ3) is 5.48. The van der Waals surface area contributed by atoms with E-state index in [-0.39, 0.29) is 22.0 Å². The van der Waals surface area contributed by atoms with Crippen LogP contribution in [0.4, 0.5) is 14.5 Å². The van der Waals surface area contributed by atoms with Crippen molar-refractivity contribution in [2.24, 2.45) is 0 Å². The van der Waals surface area contributed by atoms with E-state index in [0.29, 0.717) is 11.3 Å². The van der Waals surface area contributed by atoms with Crippen LogP contribution in [0.5, 0.6) is 0 Å². The van der Waals surface area contributed by atoms with Crippen molar-refractivity contribution in [1.29, 1.82) is 0 Å². The number of aromatic amines is 2. The maximum Gasteiger partial charge on any atom is 0.199 e. The maximum absolute atomic E-state index is 14.6. The first-order valence-corrected chi connectivity index (χ1v) is 11.0.